The molecule has 0 N–H and O–H groups in total. The Morgan fingerprint density at radius 2 is 1.04 bits per heavy atom. The van der Waals surface area contributed by atoms with Crippen LogP contribution in [0.2, 0.25) is 0 Å². The van der Waals surface area contributed by atoms with Gasteiger partial charge in [-0.1, -0.05) is 36.4 Å². The molecular weight excluding hydrogens is 288 g/mol. The molecule has 2 aromatic carbocycles. The number of hydrogen-bond donors (Lipinski definition) is 0. The van der Waals surface area contributed by atoms with E-state index in [1.807, 2.05) is 60.7 Å². The van der Waals surface area contributed by atoms with Crippen molar-refractivity contribution in [3.8, 4) is 0 Å². The average molecular weight is 310 g/mol. The van der Waals surface area contributed by atoms with Crippen molar-refractivity contribution in [2.24, 2.45) is 0 Å². The van der Waals surface area contributed by atoms with E-state index < -0.39 is 0 Å². The SMILES string of the molecule is CN(C(=O)CCCC(=O)N(C)c1ccccc1)c1ccccc1. The minimum absolute atomic E-state index is 0.0198. The Balaban J connectivity index is 1.80. The van der Waals surface area contributed by atoms with Gasteiger partial charge in [0.15, 0.2) is 0 Å². The molecule has 0 aliphatic heterocycles. The molecule has 0 fully saturated rings. The van der Waals surface area contributed by atoms with Gasteiger partial charge in [0.1, 0.15) is 0 Å². The van der Waals surface area contributed by atoms with Gasteiger partial charge >= 0.3 is 0 Å². The van der Waals surface area contributed by atoms with Gasteiger partial charge in [0.25, 0.3) is 0 Å². The summed E-state index contributed by atoms with van der Waals surface area (Å²) in [5, 5.41) is 0. The summed E-state index contributed by atoms with van der Waals surface area (Å²) in [5.74, 6) is 0.0396. The molecule has 0 bridgehead atoms. The lowest BCUT2D eigenvalue weighted by atomic mass is 10.2. The highest BCUT2D eigenvalue weighted by molar-refractivity contribution is 5.95. The molecule has 0 aliphatic carbocycles. The summed E-state index contributed by atoms with van der Waals surface area (Å²) in [6.07, 6.45) is 1.27. The zero-order valence-corrected chi connectivity index (χ0v) is 13.6. The van der Waals surface area contributed by atoms with Gasteiger partial charge in [-0.2, -0.15) is 0 Å². The maximum atomic E-state index is 12.2. The van der Waals surface area contributed by atoms with Gasteiger partial charge in [-0.05, 0) is 30.7 Å². The normalized spacial score (nSPS) is 10.2. The Morgan fingerprint density at radius 1 is 0.696 bits per heavy atom. The Morgan fingerprint density at radius 3 is 1.39 bits per heavy atom. The van der Waals surface area contributed by atoms with Crippen molar-refractivity contribution >= 4 is 23.2 Å². The van der Waals surface area contributed by atoms with E-state index in [4.69, 9.17) is 0 Å². The Bertz CT molecular complexity index is 583. The van der Waals surface area contributed by atoms with Gasteiger partial charge in [0.05, 0.1) is 0 Å². The summed E-state index contributed by atoms with van der Waals surface area (Å²) in [6, 6.07) is 19.0. The fourth-order valence-corrected chi connectivity index (χ4v) is 2.32. The number of para-hydroxylation sites is 2. The van der Waals surface area contributed by atoms with Crippen molar-refractivity contribution in [3.63, 3.8) is 0 Å². The van der Waals surface area contributed by atoms with Gasteiger partial charge in [-0.25, -0.2) is 0 Å². The molecule has 0 unspecified atom stereocenters. The van der Waals surface area contributed by atoms with E-state index >= 15 is 0 Å². The molecule has 0 atom stereocenters. The standard InChI is InChI=1S/C19H22N2O2/c1-20(16-10-5-3-6-11-16)18(22)14-9-15-19(23)21(2)17-12-7-4-8-13-17/h3-8,10-13H,9,14-15H2,1-2H3. The molecule has 2 aromatic rings. The van der Waals surface area contributed by atoms with Crippen LogP contribution in [0.1, 0.15) is 19.3 Å². The zero-order chi connectivity index (χ0) is 16.7. The minimum atomic E-state index is 0.0198. The van der Waals surface area contributed by atoms with Crippen molar-refractivity contribution in [2.45, 2.75) is 19.3 Å². The number of carbonyl (C=O) groups excluding carboxylic acids is 2. The summed E-state index contributed by atoms with van der Waals surface area (Å²) in [5.41, 5.74) is 1.73. The van der Waals surface area contributed by atoms with E-state index in [-0.39, 0.29) is 11.8 Å². The maximum absolute atomic E-state index is 12.2. The van der Waals surface area contributed by atoms with Crippen molar-refractivity contribution in [2.75, 3.05) is 23.9 Å². The van der Waals surface area contributed by atoms with Gasteiger partial charge in [0, 0.05) is 38.3 Å². The van der Waals surface area contributed by atoms with Crippen molar-refractivity contribution in [3.05, 3.63) is 60.7 Å². The van der Waals surface area contributed by atoms with Gasteiger partial charge in [-0.3, -0.25) is 9.59 Å². The summed E-state index contributed by atoms with van der Waals surface area (Å²) in [6.45, 7) is 0. The third-order valence-electron chi connectivity index (χ3n) is 3.82. The van der Waals surface area contributed by atoms with Crippen LogP contribution in [0, 0.1) is 0 Å². The van der Waals surface area contributed by atoms with E-state index in [2.05, 4.69) is 0 Å². The molecule has 2 rings (SSSR count). The Hall–Kier alpha value is -2.62. The molecule has 23 heavy (non-hydrogen) atoms. The number of carbonyl (C=O) groups is 2. The first-order valence-electron chi connectivity index (χ1n) is 7.73. The number of nitrogens with zero attached hydrogens (tertiary/aromatic N) is 2. The highest BCUT2D eigenvalue weighted by atomic mass is 16.2. The van der Waals surface area contributed by atoms with Gasteiger partial charge in [0.2, 0.25) is 11.8 Å². The fraction of sp³-hybridized carbons (Fsp3) is 0.263. The number of anilines is 2. The predicted molar refractivity (Wildman–Crippen MR) is 93.6 cm³/mol. The summed E-state index contributed by atoms with van der Waals surface area (Å²) in [4.78, 5) is 27.6. The third kappa shape index (κ3) is 4.68. The van der Waals surface area contributed by atoms with Crippen molar-refractivity contribution < 1.29 is 9.59 Å². The van der Waals surface area contributed by atoms with Crippen LogP contribution < -0.4 is 9.80 Å². The topological polar surface area (TPSA) is 40.6 Å². The molecule has 2 amide bonds. The van der Waals surface area contributed by atoms with Gasteiger partial charge < -0.3 is 9.80 Å². The lowest BCUT2D eigenvalue weighted by molar-refractivity contribution is -0.119. The van der Waals surface area contributed by atoms with E-state index in [9.17, 15) is 9.59 Å². The number of rotatable bonds is 6. The summed E-state index contributed by atoms with van der Waals surface area (Å²) < 4.78 is 0. The highest BCUT2D eigenvalue weighted by Crippen LogP contribution is 2.15. The largest absolute Gasteiger partial charge is 0.316 e. The third-order valence-corrected chi connectivity index (χ3v) is 3.82. The second-order valence-corrected chi connectivity index (χ2v) is 5.43. The Kier molecular flexibility index (Phi) is 5.92. The van der Waals surface area contributed by atoms with Crippen molar-refractivity contribution in [1.29, 1.82) is 0 Å². The number of amides is 2. The molecule has 4 nitrogen and oxygen atoms in total. The molecule has 0 spiro atoms. The first-order valence-corrected chi connectivity index (χ1v) is 7.73. The first-order chi connectivity index (χ1) is 11.1. The van der Waals surface area contributed by atoms with Crippen LogP contribution in [0.15, 0.2) is 60.7 Å². The molecule has 0 saturated heterocycles. The van der Waals surface area contributed by atoms with E-state index in [0.29, 0.717) is 19.3 Å². The lowest BCUT2D eigenvalue weighted by Gasteiger charge is -2.19. The smallest absolute Gasteiger partial charge is 0.226 e. The first kappa shape index (κ1) is 16.7. The second-order valence-electron chi connectivity index (χ2n) is 5.43. The van der Waals surface area contributed by atoms with Gasteiger partial charge in [-0.15, -0.1) is 0 Å². The fourth-order valence-electron chi connectivity index (χ4n) is 2.32. The molecule has 4 heteroatoms. The Labute approximate surface area is 137 Å². The zero-order valence-electron chi connectivity index (χ0n) is 13.6. The highest BCUT2D eigenvalue weighted by Gasteiger charge is 2.14. The molecule has 0 radical (unpaired) electrons. The van der Waals surface area contributed by atoms with E-state index in [1.54, 1.807) is 23.9 Å². The predicted octanol–water partition coefficient (Wildman–Crippen LogP) is 3.48. The van der Waals surface area contributed by atoms with Crippen LogP contribution in [0.4, 0.5) is 11.4 Å². The van der Waals surface area contributed by atoms with Crippen LogP contribution >= 0.6 is 0 Å². The monoisotopic (exact) mass is 310 g/mol. The molecule has 0 saturated carbocycles. The van der Waals surface area contributed by atoms with E-state index in [0.717, 1.165) is 11.4 Å². The molecule has 0 aromatic heterocycles. The van der Waals surface area contributed by atoms with Crippen LogP contribution in [0.5, 0.6) is 0 Å². The van der Waals surface area contributed by atoms with Crippen LogP contribution in [0.25, 0.3) is 0 Å². The average Bonchev–Trinajstić information content (AvgIpc) is 2.61. The number of hydrogen-bond acceptors (Lipinski definition) is 2. The van der Waals surface area contributed by atoms with Crippen LogP contribution in [-0.2, 0) is 9.59 Å². The summed E-state index contributed by atoms with van der Waals surface area (Å²) >= 11 is 0. The summed E-state index contributed by atoms with van der Waals surface area (Å²) in [7, 11) is 3.52. The molecule has 0 aliphatic rings. The van der Waals surface area contributed by atoms with E-state index in [1.165, 1.54) is 0 Å². The lowest BCUT2D eigenvalue weighted by Crippen LogP contribution is -2.28. The molecule has 0 heterocycles. The van der Waals surface area contributed by atoms with Crippen LogP contribution in [-0.4, -0.2) is 25.9 Å². The number of benzene rings is 2. The van der Waals surface area contributed by atoms with Crippen LogP contribution in [0.3, 0.4) is 0 Å². The molecule has 120 valence electrons. The maximum Gasteiger partial charge on any atom is 0.226 e. The second kappa shape index (κ2) is 8.13. The minimum Gasteiger partial charge on any atom is -0.316 e. The molecular formula is C19H22N2O2. The van der Waals surface area contributed by atoms with Crippen molar-refractivity contribution in [1.82, 2.24) is 0 Å². The quantitative estimate of drug-likeness (QED) is 0.819.